The highest BCUT2D eigenvalue weighted by Gasteiger charge is 2.51. The van der Waals surface area contributed by atoms with E-state index in [1.807, 2.05) is 32.9 Å². The molecule has 186 valence electrons. The van der Waals surface area contributed by atoms with Gasteiger partial charge >= 0.3 is 0 Å². The van der Waals surface area contributed by atoms with Crippen molar-refractivity contribution in [2.75, 3.05) is 0 Å². The summed E-state index contributed by atoms with van der Waals surface area (Å²) in [6.07, 6.45) is 12.2. The summed E-state index contributed by atoms with van der Waals surface area (Å²) < 4.78 is 0. The van der Waals surface area contributed by atoms with Crippen LogP contribution in [0, 0.1) is 29.1 Å². The predicted molar refractivity (Wildman–Crippen MR) is 135 cm³/mol. The highest BCUT2D eigenvalue weighted by Crippen LogP contribution is 2.59. The standard InChI is InChI=1S/C29H46O4/c1-7-20(4)27(32)18-28(33)21(5)24-14-15-25-22(12-10-16-29(24,25)6)11-8-9-13-23(30)17-26(31)19(2)3/h8-9,11,20-21,23-26,30-31H,2,7,10,12-18H2,1,3-6H3/b9-8+,22-11+/t20?,21-,23+,24+,25?,26-,29+/m0/s1. The molecule has 0 saturated heterocycles. The Hall–Kier alpha value is -1.52. The molecule has 2 unspecified atom stereocenters. The van der Waals surface area contributed by atoms with Gasteiger partial charge in [-0.25, -0.2) is 0 Å². The zero-order valence-corrected chi connectivity index (χ0v) is 21.5. The SMILES string of the molecule is C=C(C)[C@@H](O)C[C@H](O)C/C=C/C=C1\CCC[C@@]2(C)C1CC[C@@H]2[C@H](C)C(=O)CC(=O)C(C)CC. The van der Waals surface area contributed by atoms with E-state index in [9.17, 15) is 19.8 Å². The van der Waals surface area contributed by atoms with Crippen LogP contribution in [0.25, 0.3) is 0 Å². The van der Waals surface area contributed by atoms with Crippen LogP contribution in [0.4, 0.5) is 0 Å². The van der Waals surface area contributed by atoms with Crippen molar-refractivity contribution in [1.29, 1.82) is 0 Å². The molecule has 0 aromatic carbocycles. The number of carbonyl (C=O) groups excluding carboxylic acids is 2. The molecule has 0 amide bonds. The molecule has 2 aliphatic rings. The minimum Gasteiger partial charge on any atom is -0.393 e. The van der Waals surface area contributed by atoms with Gasteiger partial charge in [0.25, 0.3) is 0 Å². The minimum absolute atomic E-state index is 0.0355. The minimum atomic E-state index is -0.661. The van der Waals surface area contributed by atoms with Crippen LogP contribution in [-0.2, 0) is 9.59 Å². The molecule has 0 aliphatic heterocycles. The maximum atomic E-state index is 13.0. The van der Waals surface area contributed by atoms with Crippen LogP contribution in [0.15, 0.2) is 36.0 Å². The lowest BCUT2D eigenvalue weighted by atomic mass is 9.60. The Labute approximate surface area is 201 Å². The summed E-state index contributed by atoms with van der Waals surface area (Å²) in [5.41, 5.74) is 2.24. The second-order valence-corrected chi connectivity index (χ2v) is 11.0. The number of hydrogen-bond acceptors (Lipinski definition) is 4. The molecule has 2 saturated carbocycles. The van der Waals surface area contributed by atoms with Crippen LogP contribution >= 0.6 is 0 Å². The lowest BCUT2D eigenvalue weighted by Gasteiger charge is -2.44. The number of hydrogen-bond donors (Lipinski definition) is 2. The Morgan fingerprint density at radius 1 is 1.21 bits per heavy atom. The number of rotatable bonds is 12. The molecule has 7 atom stereocenters. The molecule has 4 nitrogen and oxygen atoms in total. The summed E-state index contributed by atoms with van der Waals surface area (Å²) in [7, 11) is 0. The molecular weight excluding hydrogens is 412 g/mol. The summed E-state index contributed by atoms with van der Waals surface area (Å²) in [4.78, 5) is 25.3. The monoisotopic (exact) mass is 458 g/mol. The van der Waals surface area contributed by atoms with Crippen molar-refractivity contribution >= 4 is 11.6 Å². The highest BCUT2D eigenvalue weighted by molar-refractivity contribution is 6.00. The van der Waals surface area contributed by atoms with Crippen molar-refractivity contribution in [3.63, 3.8) is 0 Å². The van der Waals surface area contributed by atoms with Crippen LogP contribution in [0.2, 0.25) is 0 Å². The number of aliphatic hydroxyl groups is 2. The van der Waals surface area contributed by atoms with Gasteiger partial charge in [-0.3, -0.25) is 9.59 Å². The summed E-state index contributed by atoms with van der Waals surface area (Å²) in [5, 5.41) is 20.0. The van der Waals surface area contributed by atoms with Crippen molar-refractivity contribution in [3.05, 3.63) is 36.0 Å². The van der Waals surface area contributed by atoms with Crippen LogP contribution in [0.5, 0.6) is 0 Å². The molecule has 0 aromatic heterocycles. The summed E-state index contributed by atoms with van der Waals surface area (Å²) in [6, 6.07) is 0. The predicted octanol–water partition coefficient (Wildman–Crippen LogP) is 5.97. The third kappa shape index (κ3) is 6.99. The summed E-state index contributed by atoms with van der Waals surface area (Å²) >= 11 is 0. The number of allylic oxidation sites excluding steroid dienone is 3. The quantitative estimate of drug-likeness (QED) is 0.279. The first-order valence-electron chi connectivity index (χ1n) is 12.9. The van der Waals surface area contributed by atoms with Gasteiger partial charge in [0, 0.05) is 18.3 Å². The number of ketones is 2. The average Bonchev–Trinajstić information content (AvgIpc) is 3.12. The van der Waals surface area contributed by atoms with E-state index in [0.717, 1.165) is 38.5 Å². The third-order valence-corrected chi connectivity index (χ3v) is 8.58. The van der Waals surface area contributed by atoms with Gasteiger partial charge in [0.15, 0.2) is 0 Å². The molecule has 0 aromatic rings. The molecule has 0 spiro atoms. The Bertz CT molecular complexity index is 764. The molecular formula is C29H46O4. The Kier molecular flexibility index (Phi) is 10.3. The topological polar surface area (TPSA) is 74.6 Å². The summed E-state index contributed by atoms with van der Waals surface area (Å²) in [6.45, 7) is 13.8. The molecule has 2 rings (SSSR count). The van der Waals surface area contributed by atoms with E-state index in [4.69, 9.17) is 0 Å². The first-order valence-corrected chi connectivity index (χ1v) is 12.9. The van der Waals surface area contributed by atoms with Gasteiger partial charge < -0.3 is 10.2 Å². The van der Waals surface area contributed by atoms with Gasteiger partial charge in [0.1, 0.15) is 11.6 Å². The molecule has 0 bridgehead atoms. The maximum absolute atomic E-state index is 13.0. The van der Waals surface area contributed by atoms with Gasteiger partial charge in [-0.05, 0) is 69.1 Å². The normalized spacial score (nSPS) is 30.1. The summed E-state index contributed by atoms with van der Waals surface area (Å²) in [5.74, 6) is 0.911. The van der Waals surface area contributed by atoms with Gasteiger partial charge in [-0.15, -0.1) is 0 Å². The van der Waals surface area contributed by atoms with Crippen molar-refractivity contribution in [1.82, 2.24) is 0 Å². The van der Waals surface area contributed by atoms with Gasteiger partial charge in [-0.2, -0.15) is 0 Å². The van der Waals surface area contributed by atoms with Gasteiger partial charge in [0.05, 0.1) is 18.6 Å². The van der Waals surface area contributed by atoms with Crippen LogP contribution in [0.1, 0.15) is 92.4 Å². The van der Waals surface area contributed by atoms with Crippen molar-refractivity contribution in [2.24, 2.45) is 29.1 Å². The van der Waals surface area contributed by atoms with Crippen LogP contribution < -0.4 is 0 Å². The third-order valence-electron chi connectivity index (χ3n) is 8.58. The van der Waals surface area contributed by atoms with Crippen LogP contribution in [0.3, 0.4) is 0 Å². The molecule has 0 heterocycles. The van der Waals surface area contributed by atoms with E-state index in [1.165, 1.54) is 5.57 Å². The second kappa shape index (κ2) is 12.3. The fourth-order valence-electron chi connectivity index (χ4n) is 6.04. The first-order chi connectivity index (χ1) is 15.5. The molecule has 2 N–H and O–H groups in total. The Balaban J connectivity index is 2.01. The zero-order valence-electron chi connectivity index (χ0n) is 21.5. The first kappa shape index (κ1) is 27.7. The second-order valence-electron chi connectivity index (χ2n) is 11.0. The van der Waals surface area contributed by atoms with Gasteiger partial charge in [-0.1, -0.05) is 63.6 Å². The maximum Gasteiger partial charge on any atom is 0.143 e. The molecule has 33 heavy (non-hydrogen) atoms. The number of aliphatic hydroxyl groups excluding tert-OH is 2. The average molecular weight is 459 g/mol. The lowest BCUT2D eigenvalue weighted by Crippen LogP contribution is -2.38. The molecule has 2 fully saturated rings. The molecule has 0 radical (unpaired) electrons. The van der Waals surface area contributed by atoms with Crippen LogP contribution in [-0.4, -0.2) is 34.0 Å². The fraction of sp³-hybridized carbons (Fsp3) is 0.724. The molecule has 2 aliphatic carbocycles. The Morgan fingerprint density at radius 2 is 1.91 bits per heavy atom. The van der Waals surface area contributed by atoms with E-state index in [0.29, 0.717) is 30.3 Å². The fourth-order valence-corrected chi connectivity index (χ4v) is 6.04. The van der Waals surface area contributed by atoms with E-state index >= 15 is 0 Å². The molecule has 4 heteroatoms. The largest absolute Gasteiger partial charge is 0.393 e. The number of Topliss-reactive ketones (excluding diaryl/α,β-unsaturated/α-hetero) is 2. The number of carbonyl (C=O) groups is 2. The van der Waals surface area contributed by atoms with Crippen molar-refractivity contribution in [3.8, 4) is 0 Å². The van der Waals surface area contributed by atoms with E-state index in [2.05, 4.69) is 19.6 Å². The van der Waals surface area contributed by atoms with Gasteiger partial charge in [0.2, 0.25) is 0 Å². The highest BCUT2D eigenvalue weighted by atomic mass is 16.3. The van der Waals surface area contributed by atoms with E-state index in [-0.39, 0.29) is 35.2 Å². The lowest BCUT2D eigenvalue weighted by molar-refractivity contribution is -0.132. The van der Waals surface area contributed by atoms with E-state index in [1.54, 1.807) is 6.92 Å². The number of fused-ring (bicyclic) bond motifs is 1. The smallest absolute Gasteiger partial charge is 0.143 e. The van der Waals surface area contributed by atoms with Crippen molar-refractivity contribution in [2.45, 2.75) is 105 Å². The zero-order chi connectivity index (χ0) is 24.8. The van der Waals surface area contributed by atoms with Crippen molar-refractivity contribution < 1.29 is 19.8 Å². The Morgan fingerprint density at radius 3 is 2.55 bits per heavy atom. The van der Waals surface area contributed by atoms with E-state index < -0.39 is 12.2 Å².